The van der Waals surface area contributed by atoms with Gasteiger partial charge in [0.05, 0.1) is 7.11 Å². The molecule has 0 radical (unpaired) electrons. The van der Waals surface area contributed by atoms with Crippen LogP contribution in [0.2, 0.25) is 0 Å². The SMILES string of the molecule is COc1ccccc1CCC(c1ccccc1)N1CCN(C2CCCCC2)CC1. The molecule has 1 atom stereocenters. The molecule has 0 aromatic heterocycles. The number of aryl methyl sites for hydroxylation is 1. The summed E-state index contributed by atoms with van der Waals surface area (Å²) in [5.41, 5.74) is 2.77. The number of hydrogen-bond donors (Lipinski definition) is 0. The third-order valence-electron chi connectivity index (χ3n) is 6.94. The van der Waals surface area contributed by atoms with Crippen molar-refractivity contribution in [1.82, 2.24) is 9.80 Å². The minimum atomic E-state index is 0.481. The fourth-order valence-electron chi connectivity index (χ4n) is 5.30. The Morgan fingerprint density at radius 2 is 1.55 bits per heavy atom. The molecule has 1 aliphatic carbocycles. The Bertz CT molecular complexity index is 733. The highest BCUT2D eigenvalue weighted by atomic mass is 16.5. The van der Waals surface area contributed by atoms with Crippen molar-refractivity contribution in [3.05, 3.63) is 65.7 Å². The van der Waals surface area contributed by atoms with Gasteiger partial charge in [0.25, 0.3) is 0 Å². The van der Waals surface area contributed by atoms with Crippen LogP contribution in [0, 0.1) is 0 Å². The maximum Gasteiger partial charge on any atom is 0.122 e. The molecule has 2 aliphatic rings. The van der Waals surface area contributed by atoms with Gasteiger partial charge in [0.15, 0.2) is 0 Å². The topological polar surface area (TPSA) is 15.7 Å². The first kappa shape index (κ1) is 20.4. The van der Waals surface area contributed by atoms with Gasteiger partial charge < -0.3 is 4.74 Å². The highest BCUT2D eigenvalue weighted by molar-refractivity contribution is 5.33. The molecular weight excluding hydrogens is 356 g/mol. The van der Waals surface area contributed by atoms with Crippen LogP contribution in [-0.4, -0.2) is 49.1 Å². The summed E-state index contributed by atoms with van der Waals surface area (Å²) >= 11 is 0. The lowest BCUT2D eigenvalue weighted by Crippen LogP contribution is -2.51. The third-order valence-corrected chi connectivity index (χ3v) is 6.94. The minimum Gasteiger partial charge on any atom is -0.496 e. The van der Waals surface area contributed by atoms with Crippen LogP contribution in [0.5, 0.6) is 5.75 Å². The molecule has 2 fully saturated rings. The van der Waals surface area contributed by atoms with Gasteiger partial charge in [0.1, 0.15) is 5.75 Å². The van der Waals surface area contributed by atoms with Crippen molar-refractivity contribution in [2.24, 2.45) is 0 Å². The summed E-state index contributed by atoms with van der Waals surface area (Å²) in [6.07, 6.45) is 9.30. The molecule has 1 saturated heterocycles. The Labute approximate surface area is 176 Å². The number of hydrogen-bond acceptors (Lipinski definition) is 3. The molecule has 1 aliphatic heterocycles. The van der Waals surface area contributed by atoms with Gasteiger partial charge in [0.2, 0.25) is 0 Å². The molecule has 0 N–H and O–H groups in total. The first-order valence-corrected chi connectivity index (χ1v) is 11.5. The van der Waals surface area contributed by atoms with Crippen molar-refractivity contribution in [2.75, 3.05) is 33.3 Å². The molecule has 3 heteroatoms. The van der Waals surface area contributed by atoms with Gasteiger partial charge in [-0.3, -0.25) is 9.80 Å². The van der Waals surface area contributed by atoms with Crippen molar-refractivity contribution in [1.29, 1.82) is 0 Å². The van der Waals surface area contributed by atoms with E-state index in [4.69, 9.17) is 4.74 Å². The Balaban J connectivity index is 1.42. The van der Waals surface area contributed by atoms with Gasteiger partial charge in [-0.2, -0.15) is 0 Å². The van der Waals surface area contributed by atoms with Crippen LogP contribution in [0.4, 0.5) is 0 Å². The average Bonchev–Trinajstić information content (AvgIpc) is 2.81. The Morgan fingerprint density at radius 1 is 0.862 bits per heavy atom. The number of rotatable bonds is 7. The Kier molecular flexibility index (Phi) is 7.23. The summed E-state index contributed by atoms with van der Waals surface area (Å²) < 4.78 is 5.59. The highest BCUT2D eigenvalue weighted by Gasteiger charge is 2.29. The molecule has 1 saturated carbocycles. The second-order valence-corrected chi connectivity index (χ2v) is 8.64. The average molecular weight is 393 g/mol. The molecule has 2 aromatic carbocycles. The van der Waals surface area contributed by atoms with Crippen LogP contribution < -0.4 is 4.74 Å². The van der Waals surface area contributed by atoms with Crippen molar-refractivity contribution in [2.45, 2.75) is 57.0 Å². The quantitative estimate of drug-likeness (QED) is 0.634. The molecule has 1 heterocycles. The van der Waals surface area contributed by atoms with Gasteiger partial charge in [-0.1, -0.05) is 67.8 Å². The Hall–Kier alpha value is -1.84. The van der Waals surface area contributed by atoms with E-state index in [2.05, 4.69) is 64.4 Å². The zero-order valence-electron chi connectivity index (χ0n) is 17.9. The van der Waals surface area contributed by atoms with Gasteiger partial charge >= 0.3 is 0 Å². The van der Waals surface area contributed by atoms with Crippen LogP contribution in [0.3, 0.4) is 0 Å². The van der Waals surface area contributed by atoms with E-state index in [1.54, 1.807) is 7.11 Å². The van der Waals surface area contributed by atoms with E-state index in [0.29, 0.717) is 6.04 Å². The summed E-state index contributed by atoms with van der Waals surface area (Å²) in [6, 6.07) is 20.9. The number of ether oxygens (including phenoxy) is 1. The molecule has 29 heavy (non-hydrogen) atoms. The van der Waals surface area contributed by atoms with Crippen LogP contribution in [-0.2, 0) is 6.42 Å². The first-order valence-electron chi connectivity index (χ1n) is 11.5. The maximum atomic E-state index is 5.59. The smallest absolute Gasteiger partial charge is 0.122 e. The van der Waals surface area contributed by atoms with E-state index >= 15 is 0 Å². The van der Waals surface area contributed by atoms with Crippen LogP contribution in [0.25, 0.3) is 0 Å². The molecule has 1 unspecified atom stereocenters. The summed E-state index contributed by atoms with van der Waals surface area (Å²) in [6.45, 7) is 4.81. The zero-order chi connectivity index (χ0) is 19.9. The zero-order valence-corrected chi connectivity index (χ0v) is 17.9. The molecule has 2 aromatic rings. The maximum absolute atomic E-state index is 5.59. The third kappa shape index (κ3) is 5.21. The van der Waals surface area contributed by atoms with Gasteiger partial charge in [-0.25, -0.2) is 0 Å². The Morgan fingerprint density at radius 3 is 2.28 bits per heavy atom. The van der Waals surface area contributed by atoms with Crippen molar-refractivity contribution in [3.63, 3.8) is 0 Å². The van der Waals surface area contributed by atoms with Gasteiger partial charge in [-0.05, 0) is 42.9 Å². The number of para-hydroxylation sites is 1. The summed E-state index contributed by atoms with van der Waals surface area (Å²) in [7, 11) is 1.78. The van der Waals surface area contributed by atoms with E-state index in [9.17, 15) is 0 Å². The van der Waals surface area contributed by atoms with Crippen LogP contribution in [0.1, 0.15) is 55.7 Å². The standard InChI is InChI=1S/C26H36N2O/c1-29-26-15-9-8-12-23(26)16-17-25(22-10-4-2-5-11-22)28-20-18-27(19-21-28)24-13-6-3-7-14-24/h2,4-5,8-12,15,24-25H,3,6-7,13-14,16-21H2,1H3. The number of nitrogens with zero attached hydrogens (tertiary/aromatic N) is 2. The van der Waals surface area contributed by atoms with Crippen molar-refractivity contribution >= 4 is 0 Å². The summed E-state index contributed by atoms with van der Waals surface area (Å²) in [4.78, 5) is 5.50. The summed E-state index contributed by atoms with van der Waals surface area (Å²) in [5.74, 6) is 1.02. The summed E-state index contributed by atoms with van der Waals surface area (Å²) in [5, 5.41) is 0. The number of benzene rings is 2. The van der Waals surface area contributed by atoms with Crippen molar-refractivity contribution in [3.8, 4) is 5.75 Å². The normalized spacial score (nSPS) is 20.4. The fraction of sp³-hybridized carbons (Fsp3) is 0.538. The van der Waals surface area contributed by atoms with Crippen molar-refractivity contribution < 1.29 is 4.74 Å². The lowest BCUT2D eigenvalue weighted by molar-refractivity contribution is 0.0538. The van der Waals surface area contributed by atoms with Gasteiger partial charge in [-0.15, -0.1) is 0 Å². The molecule has 4 rings (SSSR count). The van der Waals surface area contributed by atoms with E-state index in [1.807, 2.05) is 0 Å². The molecule has 0 amide bonds. The van der Waals surface area contributed by atoms with E-state index in [0.717, 1.165) is 24.6 Å². The highest BCUT2D eigenvalue weighted by Crippen LogP contribution is 2.31. The predicted molar refractivity (Wildman–Crippen MR) is 121 cm³/mol. The fourth-order valence-corrected chi connectivity index (χ4v) is 5.30. The monoisotopic (exact) mass is 392 g/mol. The van der Waals surface area contributed by atoms with E-state index in [-0.39, 0.29) is 0 Å². The second-order valence-electron chi connectivity index (χ2n) is 8.64. The molecule has 0 bridgehead atoms. The largest absolute Gasteiger partial charge is 0.496 e. The van der Waals surface area contributed by atoms with Crippen LogP contribution in [0.15, 0.2) is 54.6 Å². The first-order chi connectivity index (χ1) is 14.3. The minimum absolute atomic E-state index is 0.481. The molecule has 0 spiro atoms. The number of methoxy groups -OCH3 is 1. The van der Waals surface area contributed by atoms with E-state index in [1.165, 1.54) is 69.4 Å². The molecule has 3 nitrogen and oxygen atoms in total. The lowest BCUT2D eigenvalue weighted by Gasteiger charge is -2.43. The van der Waals surface area contributed by atoms with E-state index < -0.39 is 0 Å². The molecule has 156 valence electrons. The van der Waals surface area contributed by atoms with Crippen LogP contribution >= 0.6 is 0 Å². The second kappa shape index (κ2) is 10.3. The predicted octanol–water partition coefficient (Wildman–Crippen LogP) is 5.32. The number of piperazine rings is 1. The van der Waals surface area contributed by atoms with Gasteiger partial charge in [0, 0.05) is 38.3 Å². The molecular formula is C26H36N2O. The lowest BCUT2D eigenvalue weighted by atomic mass is 9.93.